The molecule has 1 unspecified atom stereocenters. The van der Waals surface area contributed by atoms with E-state index in [1.54, 1.807) is 23.7 Å². The summed E-state index contributed by atoms with van der Waals surface area (Å²) in [4.78, 5) is 42.9. The molecule has 12 nitrogen and oxygen atoms in total. The maximum atomic E-state index is 15.4. The summed E-state index contributed by atoms with van der Waals surface area (Å²) in [6, 6.07) is 11.5. The molecule has 2 aromatic heterocycles. The summed E-state index contributed by atoms with van der Waals surface area (Å²) in [6.45, 7) is 4.99. The van der Waals surface area contributed by atoms with Gasteiger partial charge in [0, 0.05) is 37.5 Å². The normalized spacial score (nSPS) is 16.9. The predicted molar refractivity (Wildman–Crippen MR) is 164 cm³/mol. The Labute approximate surface area is 262 Å². The highest BCUT2D eigenvalue weighted by Crippen LogP contribution is 2.33. The van der Waals surface area contributed by atoms with Gasteiger partial charge >= 0.3 is 11.9 Å². The lowest BCUT2D eigenvalue weighted by atomic mass is 10.1. The minimum atomic E-state index is -1.44. The second-order valence-corrected chi connectivity index (χ2v) is 10.5. The van der Waals surface area contributed by atoms with E-state index in [1.165, 1.54) is 35.1 Å². The fourth-order valence-electron chi connectivity index (χ4n) is 5.21. The Morgan fingerprint density at radius 2 is 1.83 bits per heavy atom. The van der Waals surface area contributed by atoms with E-state index < -0.39 is 35.4 Å². The lowest BCUT2D eigenvalue weighted by Crippen LogP contribution is -2.55. The number of aromatic nitrogens is 2. The second-order valence-electron chi connectivity index (χ2n) is 10.5. The van der Waals surface area contributed by atoms with Gasteiger partial charge in [-0.05, 0) is 49.4 Å². The van der Waals surface area contributed by atoms with Crippen molar-refractivity contribution in [3.05, 3.63) is 78.6 Å². The number of urea groups is 1. The van der Waals surface area contributed by atoms with Crippen molar-refractivity contribution in [1.82, 2.24) is 9.61 Å². The Bertz CT molecular complexity index is 1800. The lowest BCUT2D eigenvalue weighted by Gasteiger charge is -2.29. The summed E-state index contributed by atoms with van der Waals surface area (Å²) >= 11 is 0. The van der Waals surface area contributed by atoms with E-state index >= 15 is 4.39 Å². The highest BCUT2D eigenvalue weighted by molar-refractivity contribution is 6.28. The molecule has 0 aliphatic carbocycles. The molecule has 238 valence electrons. The van der Waals surface area contributed by atoms with Crippen LogP contribution in [0, 0.1) is 17.6 Å². The topological polar surface area (TPSA) is 118 Å². The Kier molecular flexibility index (Phi) is 8.99. The molecule has 2 aromatic carbocycles. The molecule has 1 N–H and O–H groups in total. The van der Waals surface area contributed by atoms with Gasteiger partial charge in [-0.1, -0.05) is 0 Å². The van der Waals surface area contributed by atoms with Crippen LogP contribution in [0.15, 0.2) is 67.0 Å². The van der Waals surface area contributed by atoms with Gasteiger partial charge in [0.1, 0.15) is 23.6 Å². The second kappa shape index (κ2) is 13.4. The molecule has 0 radical (unpaired) electrons. The number of morpholine rings is 1. The van der Waals surface area contributed by atoms with Crippen molar-refractivity contribution in [3.8, 4) is 11.5 Å². The zero-order chi connectivity index (χ0) is 32.2. The third kappa shape index (κ3) is 6.43. The van der Waals surface area contributed by atoms with Gasteiger partial charge in [0.05, 0.1) is 44.1 Å². The van der Waals surface area contributed by atoms with Gasteiger partial charge in [-0.2, -0.15) is 14.5 Å². The molecular formula is C32H31F2N6O6+. The molecule has 0 bridgehead atoms. The monoisotopic (exact) mass is 633 g/mol. The SMILES string of the molecule is CCOCC[N+]1=CC(C(=O)Nc2ccc(Oc3cc(N4CCOCC4)cn4nccc34)c(F)c2)C(=O)N(c2ccc(F)cc2)C1=O. The van der Waals surface area contributed by atoms with Crippen LogP contribution < -0.4 is 19.9 Å². The van der Waals surface area contributed by atoms with Crippen molar-refractivity contribution in [2.24, 2.45) is 5.92 Å². The molecule has 1 atom stereocenters. The molecule has 14 heteroatoms. The van der Waals surface area contributed by atoms with E-state index in [1.807, 2.05) is 12.3 Å². The maximum absolute atomic E-state index is 15.4. The molecule has 2 aliphatic rings. The Hall–Kier alpha value is -5.21. The summed E-state index contributed by atoms with van der Waals surface area (Å²) in [5.74, 6) is -4.09. The molecule has 0 spiro atoms. The summed E-state index contributed by atoms with van der Waals surface area (Å²) in [5.41, 5.74) is 1.64. The summed E-state index contributed by atoms with van der Waals surface area (Å²) in [6.07, 6.45) is 4.70. The number of halogens is 2. The number of fused-ring (bicyclic) bond motifs is 1. The molecule has 4 heterocycles. The van der Waals surface area contributed by atoms with Crippen LogP contribution in [0.2, 0.25) is 0 Å². The van der Waals surface area contributed by atoms with Crippen LogP contribution in [0.5, 0.6) is 11.5 Å². The molecule has 4 aromatic rings. The van der Waals surface area contributed by atoms with Crippen LogP contribution in [0.3, 0.4) is 0 Å². The molecule has 1 fully saturated rings. The van der Waals surface area contributed by atoms with Gasteiger partial charge in [-0.3, -0.25) is 4.79 Å². The van der Waals surface area contributed by atoms with Gasteiger partial charge in [-0.25, -0.2) is 18.1 Å². The number of ether oxygens (including phenoxy) is 3. The first kappa shape index (κ1) is 30.8. The van der Waals surface area contributed by atoms with Gasteiger partial charge in [0.15, 0.2) is 23.2 Å². The number of anilines is 3. The molecule has 2 aliphatic heterocycles. The molecule has 0 saturated carbocycles. The molecule has 4 amide bonds. The first-order valence-corrected chi connectivity index (χ1v) is 14.7. The number of carbonyl (C=O) groups is 3. The fraction of sp³-hybridized carbons (Fsp3) is 0.281. The Balaban J connectivity index is 1.22. The van der Waals surface area contributed by atoms with Crippen LogP contribution in [0.4, 0.5) is 30.6 Å². The number of rotatable bonds is 10. The molecule has 6 rings (SSSR count). The van der Waals surface area contributed by atoms with Crippen molar-refractivity contribution < 1.29 is 42.0 Å². The number of pyridine rings is 1. The zero-order valence-electron chi connectivity index (χ0n) is 24.9. The van der Waals surface area contributed by atoms with E-state index in [0.717, 1.165) is 28.8 Å². The number of imide groups is 1. The van der Waals surface area contributed by atoms with Gasteiger partial charge in [-0.15, -0.1) is 4.90 Å². The molecule has 46 heavy (non-hydrogen) atoms. The summed E-state index contributed by atoms with van der Waals surface area (Å²) in [7, 11) is 0. The highest BCUT2D eigenvalue weighted by Gasteiger charge is 2.47. The summed E-state index contributed by atoms with van der Waals surface area (Å²) < 4.78 is 48.6. The van der Waals surface area contributed by atoms with Crippen LogP contribution in [0.1, 0.15) is 6.92 Å². The van der Waals surface area contributed by atoms with Crippen LogP contribution in [-0.2, 0) is 19.1 Å². The van der Waals surface area contributed by atoms with Crippen molar-refractivity contribution in [3.63, 3.8) is 0 Å². The minimum absolute atomic E-state index is 0.0683. The van der Waals surface area contributed by atoms with Crippen molar-refractivity contribution >= 4 is 46.6 Å². The van der Waals surface area contributed by atoms with Crippen molar-refractivity contribution in [2.75, 3.05) is 61.2 Å². The third-order valence-electron chi connectivity index (χ3n) is 7.55. The van der Waals surface area contributed by atoms with Gasteiger partial charge in [0.2, 0.25) is 5.91 Å². The number of nitrogens with one attached hydrogen (secondary N) is 1. The Morgan fingerprint density at radius 3 is 2.57 bits per heavy atom. The number of carbonyl (C=O) groups excluding carboxylic acids is 3. The number of hydrogen-bond donors (Lipinski definition) is 1. The number of nitrogens with zero attached hydrogens (tertiary/aromatic N) is 5. The lowest BCUT2D eigenvalue weighted by molar-refractivity contribution is -0.428. The predicted octanol–water partition coefficient (Wildman–Crippen LogP) is 4.08. The standard InChI is InChI=1S/C32H30F2N6O6/c1-2-44-14-13-38-20-25(31(42)40(32(38)43)23-6-3-21(33)4-7-23)30(41)36-22-5-8-28(26(34)17-22)46-29-18-24(37-11-15-45-16-12-37)19-39-27(29)9-10-35-39/h3-10,17-20,25H,2,11-16H2,1H3/p+1. The van der Waals surface area contributed by atoms with Crippen LogP contribution in [-0.4, -0.2) is 84.3 Å². The number of benzene rings is 2. The van der Waals surface area contributed by atoms with E-state index in [0.29, 0.717) is 44.2 Å². The van der Waals surface area contributed by atoms with E-state index in [2.05, 4.69) is 15.3 Å². The van der Waals surface area contributed by atoms with Gasteiger partial charge in [0.25, 0.3) is 0 Å². The van der Waals surface area contributed by atoms with Crippen LogP contribution in [0.25, 0.3) is 5.52 Å². The van der Waals surface area contributed by atoms with E-state index in [9.17, 15) is 18.8 Å². The third-order valence-corrected chi connectivity index (χ3v) is 7.55. The Morgan fingerprint density at radius 1 is 1.04 bits per heavy atom. The quantitative estimate of drug-likeness (QED) is 0.158. The summed E-state index contributed by atoms with van der Waals surface area (Å²) in [5, 5.41) is 6.87. The first-order valence-electron chi connectivity index (χ1n) is 14.7. The zero-order valence-corrected chi connectivity index (χ0v) is 24.9. The smallest absolute Gasteiger partial charge is 0.452 e. The minimum Gasteiger partial charge on any atom is -0.452 e. The van der Waals surface area contributed by atoms with Crippen molar-refractivity contribution in [2.45, 2.75) is 6.92 Å². The van der Waals surface area contributed by atoms with Crippen LogP contribution >= 0.6 is 0 Å². The highest BCUT2D eigenvalue weighted by atomic mass is 19.1. The fourth-order valence-corrected chi connectivity index (χ4v) is 5.21. The van der Waals surface area contributed by atoms with Crippen molar-refractivity contribution in [1.29, 1.82) is 0 Å². The largest absolute Gasteiger partial charge is 0.505 e. The van der Waals surface area contributed by atoms with Gasteiger partial charge < -0.3 is 24.4 Å². The number of hydrogen-bond acceptors (Lipinski definition) is 8. The average Bonchev–Trinajstić information content (AvgIpc) is 3.54. The number of amides is 4. The van der Waals surface area contributed by atoms with E-state index in [-0.39, 0.29) is 30.3 Å². The average molecular weight is 634 g/mol. The molecule has 1 saturated heterocycles. The molecular weight excluding hydrogens is 602 g/mol. The van der Waals surface area contributed by atoms with E-state index in [4.69, 9.17) is 14.2 Å². The first-order chi connectivity index (χ1) is 22.3. The maximum Gasteiger partial charge on any atom is 0.505 e.